The van der Waals surface area contributed by atoms with E-state index in [1.807, 2.05) is 42.5 Å². The van der Waals surface area contributed by atoms with Crippen molar-refractivity contribution in [2.45, 2.75) is 12.8 Å². The first-order valence-corrected chi connectivity index (χ1v) is 7.77. The van der Waals surface area contributed by atoms with Crippen molar-refractivity contribution in [2.75, 3.05) is 14.2 Å². The van der Waals surface area contributed by atoms with Crippen LogP contribution in [0, 0.1) is 0 Å². The molecule has 0 spiro atoms. The first-order chi connectivity index (χ1) is 12.1. The van der Waals surface area contributed by atoms with Gasteiger partial charge >= 0.3 is 11.9 Å². The summed E-state index contributed by atoms with van der Waals surface area (Å²) in [4.78, 5) is 24.7. The maximum Gasteiger partial charge on any atom is 0.355 e. The molecule has 0 saturated carbocycles. The van der Waals surface area contributed by atoms with Crippen LogP contribution in [0.15, 0.2) is 58.8 Å². The number of nitrogens with one attached hydrogen (secondary N) is 1. The Kier molecular flexibility index (Phi) is 4.52. The Morgan fingerprint density at radius 1 is 1.00 bits per heavy atom. The van der Waals surface area contributed by atoms with Crippen molar-refractivity contribution in [3.05, 3.63) is 59.3 Å². The molecule has 0 fully saturated rings. The molecule has 1 aliphatic heterocycles. The summed E-state index contributed by atoms with van der Waals surface area (Å²) in [6.45, 7) is 1.72. The first kappa shape index (κ1) is 16.7. The van der Waals surface area contributed by atoms with Crippen LogP contribution >= 0.6 is 0 Å². The molecule has 3 rings (SSSR count). The molecule has 0 saturated heterocycles. The molecule has 1 aliphatic rings. The van der Waals surface area contributed by atoms with Crippen LogP contribution in [0.5, 0.6) is 0 Å². The van der Waals surface area contributed by atoms with Gasteiger partial charge in [-0.25, -0.2) is 9.59 Å². The molecule has 0 aliphatic carbocycles. The van der Waals surface area contributed by atoms with Crippen molar-refractivity contribution in [2.24, 2.45) is 5.10 Å². The lowest BCUT2D eigenvalue weighted by molar-refractivity contribution is -0.136. The Morgan fingerprint density at radius 3 is 2.40 bits per heavy atom. The Hall–Kier alpha value is -3.15. The smallest absolute Gasteiger partial charge is 0.355 e. The van der Waals surface area contributed by atoms with Gasteiger partial charge in [-0.2, -0.15) is 5.10 Å². The first-order valence-electron chi connectivity index (χ1n) is 7.77. The molecule has 1 atom stereocenters. The van der Waals surface area contributed by atoms with Crippen LogP contribution in [-0.2, 0) is 19.1 Å². The quantitative estimate of drug-likeness (QED) is 0.870. The number of allylic oxidation sites excluding steroid dienone is 1. The zero-order chi connectivity index (χ0) is 18.0. The number of esters is 2. The molecule has 0 radical (unpaired) electrons. The highest BCUT2D eigenvalue weighted by Crippen LogP contribution is 2.35. The molecule has 2 aromatic rings. The third kappa shape index (κ3) is 2.87. The van der Waals surface area contributed by atoms with Gasteiger partial charge in [-0.1, -0.05) is 42.5 Å². The van der Waals surface area contributed by atoms with Gasteiger partial charge in [0.15, 0.2) is 5.71 Å². The van der Waals surface area contributed by atoms with Crippen LogP contribution in [0.2, 0.25) is 0 Å². The third-order valence-corrected chi connectivity index (χ3v) is 4.24. The normalized spacial score (nSPS) is 16.9. The van der Waals surface area contributed by atoms with E-state index < -0.39 is 17.9 Å². The average Bonchev–Trinajstić information content (AvgIpc) is 2.66. The molecule has 0 amide bonds. The second kappa shape index (κ2) is 6.76. The number of hydrazone groups is 1. The van der Waals surface area contributed by atoms with Gasteiger partial charge in [0, 0.05) is 5.70 Å². The van der Waals surface area contributed by atoms with Crippen LogP contribution in [0.25, 0.3) is 10.8 Å². The van der Waals surface area contributed by atoms with Crippen LogP contribution in [-0.4, -0.2) is 31.9 Å². The fourth-order valence-corrected chi connectivity index (χ4v) is 3.08. The number of methoxy groups -OCH3 is 2. The lowest BCUT2D eigenvalue weighted by Gasteiger charge is -2.26. The van der Waals surface area contributed by atoms with Gasteiger partial charge in [0.2, 0.25) is 0 Å². The van der Waals surface area contributed by atoms with Gasteiger partial charge in [-0.15, -0.1) is 0 Å². The number of nitrogens with zero attached hydrogens (tertiary/aromatic N) is 1. The summed E-state index contributed by atoms with van der Waals surface area (Å²) >= 11 is 0. The van der Waals surface area contributed by atoms with Gasteiger partial charge < -0.3 is 9.47 Å². The van der Waals surface area contributed by atoms with E-state index >= 15 is 0 Å². The van der Waals surface area contributed by atoms with Crippen LogP contribution in [0.4, 0.5) is 0 Å². The number of carbonyl (C=O) groups is 2. The zero-order valence-corrected chi connectivity index (χ0v) is 14.2. The van der Waals surface area contributed by atoms with E-state index in [9.17, 15) is 9.59 Å². The summed E-state index contributed by atoms with van der Waals surface area (Å²) in [6.07, 6.45) is 0. The molecule has 6 nitrogen and oxygen atoms in total. The minimum Gasteiger partial charge on any atom is -0.466 e. The number of fused-ring (bicyclic) bond motifs is 1. The number of rotatable bonds is 3. The standard InChI is InChI=1S/C19H18N2O4/c1-11-15(18(22)24-2)16(17(21-20-11)19(23)25-3)14-10-6-8-12-7-4-5-9-13(12)14/h4-10,16,20H,1-3H3. The lowest BCUT2D eigenvalue weighted by atomic mass is 9.82. The lowest BCUT2D eigenvalue weighted by Crippen LogP contribution is -2.35. The van der Waals surface area contributed by atoms with Crippen LogP contribution < -0.4 is 5.43 Å². The van der Waals surface area contributed by atoms with E-state index in [0.717, 1.165) is 16.3 Å². The Balaban J connectivity index is 2.28. The highest BCUT2D eigenvalue weighted by molar-refractivity contribution is 6.40. The molecule has 0 aromatic heterocycles. The maximum atomic E-state index is 12.4. The summed E-state index contributed by atoms with van der Waals surface area (Å²) in [5.41, 5.74) is 4.52. The van der Waals surface area contributed by atoms with Crippen molar-refractivity contribution >= 4 is 28.4 Å². The fraction of sp³-hybridized carbons (Fsp3) is 0.211. The number of hydrogen-bond donors (Lipinski definition) is 1. The van der Waals surface area contributed by atoms with E-state index in [0.29, 0.717) is 11.3 Å². The van der Waals surface area contributed by atoms with Crippen molar-refractivity contribution in [1.82, 2.24) is 5.43 Å². The molecule has 128 valence electrons. The van der Waals surface area contributed by atoms with E-state index in [1.165, 1.54) is 14.2 Å². The van der Waals surface area contributed by atoms with E-state index in [2.05, 4.69) is 10.5 Å². The summed E-state index contributed by atoms with van der Waals surface area (Å²) in [5, 5.41) is 6.08. The van der Waals surface area contributed by atoms with Gasteiger partial charge in [-0.3, -0.25) is 5.43 Å². The van der Waals surface area contributed by atoms with Crippen molar-refractivity contribution in [1.29, 1.82) is 0 Å². The minimum atomic E-state index is -0.674. The summed E-state index contributed by atoms with van der Waals surface area (Å²) in [7, 11) is 2.60. The largest absolute Gasteiger partial charge is 0.466 e. The van der Waals surface area contributed by atoms with E-state index in [-0.39, 0.29) is 5.71 Å². The predicted molar refractivity (Wildman–Crippen MR) is 94.0 cm³/mol. The molecule has 0 bridgehead atoms. The second-order valence-electron chi connectivity index (χ2n) is 5.63. The van der Waals surface area contributed by atoms with Crippen molar-refractivity contribution in [3.8, 4) is 0 Å². The van der Waals surface area contributed by atoms with Crippen LogP contribution in [0.1, 0.15) is 18.4 Å². The van der Waals surface area contributed by atoms with Gasteiger partial charge in [0.05, 0.1) is 25.7 Å². The molecule has 1 N–H and O–H groups in total. The zero-order valence-electron chi connectivity index (χ0n) is 14.2. The monoisotopic (exact) mass is 338 g/mol. The van der Waals surface area contributed by atoms with Crippen LogP contribution in [0.3, 0.4) is 0 Å². The molecular formula is C19H18N2O4. The number of carbonyl (C=O) groups excluding carboxylic acids is 2. The predicted octanol–water partition coefficient (Wildman–Crippen LogP) is 2.50. The Bertz CT molecular complexity index is 909. The Labute approximate surface area is 145 Å². The summed E-state index contributed by atoms with van der Waals surface area (Å²) in [5.74, 6) is -1.79. The SMILES string of the molecule is COC(=O)C1=NNC(C)=C(C(=O)OC)C1c1cccc2ccccc12. The summed E-state index contributed by atoms with van der Waals surface area (Å²) < 4.78 is 9.81. The second-order valence-corrected chi connectivity index (χ2v) is 5.63. The van der Waals surface area contributed by atoms with Gasteiger partial charge in [0.25, 0.3) is 0 Å². The Morgan fingerprint density at radius 2 is 1.68 bits per heavy atom. The average molecular weight is 338 g/mol. The molecule has 6 heteroatoms. The molecule has 1 unspecified atom stereocenters. The summed E-state index contributed by atoms with van der Waals surface area (Å²) in [6, 6.07) is 13.5. The molecular weight excluding hydrogens is 320 g/mol. The highest BCUT2D eigenvalue weighted by atomic mass is 16.5. The molecule has 25 heavy (non-hydrogen) atoms. The third-order valence-electron chi connectivity index (χ3n) is 4.24. The van der Waals surface area contributed by atoms with E-state index in [1.54, 1.807) is 6.92 Å². The highest BCUT2D eigenvalue weighted by Gasteiger charge is 2.37. The van der Waals surface area contributed by atoms with Gasteiger partial charge in [-0.05, 0) is 23.3 Å². The fourth-order valence-electron chi connectivity index (χ4n) is 3.08. The molecule has 2 aromatic carbocycles. The van der Waals surface area contributed by atoms with E-state index in [4.69, 9.17) is 9.47 Å². The molecule has 1 heterocycles. The number of ether oxygens (including phenoxy) is 2. The number of benzene rings is 2. The van der Waals surface area contributed by atoms with Crippen molar-refractivity contribution in [3.63, 3.8) is 0 Å². The topological polar surface area (TPSA) is 77.0 Å². The maximum absolute atomic E-state index is 12.4. The van der Waals surface area contributed by atoms with Gasteiger partial charge in [0.1, 0.15) is 0 Å². The number of hydrogen-bond acceptors (Lipinski definition) is 6. The van der Waals surface area contributed by atoms with Crippen molar-refractivity contribution < 1.29 is 19.1 Å². The minimum absolute atomic E-state index is 0.116.